The number of benzene rings is 1. The van der Waals surface area contributed by atoms with Crippen molar-refractivity contribution in [1.29, 1.82) is 0 Å². The number of hydrogen-bond donors (Lipinski definition) is 0. The Bertz CT molecular complexity index is 506. The molecule has 0 N–H and O–H groups in total. The molecule has 7 heteroatoms. The van der Waals surface area contributed by atoms with E-state index in [9.17, 15) is 14.9 Å². The molecule has 1 fully saturated rings. The van der Waals surface area contributed by atoms with E-state index in [0.717, 1.165) is 6.54 Å². The molecule has 0 aliphatic carbocycles. The Hall–Kier alpha value is -1.47. The smallest absolute Gasteiger partial charge is 0.283 e. The van der Waals surface area contributed by atoms with E-state index >= 15 is 0 Å². The first kappa shape index (κ1) is 13.0. The first-order valence-corrected chi connectivity index (χ1v) is 6.21. The van der Waals surface area contributed by atoms with Crippen LogP contribution in [0.25, 0.3) is 0 Å². The van der Waals surface area contributed by atoms with Gasteiger partial charge in [0.25, 0.3) is 5.69 Å². The molecule has 18 heavy (non-hydrogen) atoms. The summed E-state index contributed by atoms with van der Waals surface area (Å²) in [5.74, 6) is 0.00417. The second-order valence-electron chi connectivity index (χ2n) is 4.18. The van der Waals surface area contributed by atoms with Gasteiger partial charge in [-0.2, -0.15) is 0 Å². The highest BCUT2D eigenvalue weighted by Crippen LogP contribution is 2.30. The predicted octanol–water partition coefficient (Wildman–Crippen LogP) is 1.64. The SMILES string of the molecule is CN1CCN(c2ccc([N+](=O)[O-])c(Br)c2)C(=O)C1. The summed E-state index contributed by atoms with van der Waals surface area (Å²) in [6.07, 6.45) is 0. The Morgan fingerprint density at radius 1 is 1.39 bits per heavy atom. The van der Waals surface area contributed by atoms with Gasteiger partial charge >= 0.3 is 0 Å². The molecule has 1 saturated heterocycles. The van der Waals surface area contributed by atoms with Gasteiger partial charge in [0.15, 0.2) is 0 Å². The van der Waals surface area contributed by atoms with Crippen molar-refractivity contribution < 1.29 is 9.72 Å². The number of likely N-dealkylation sites (N-methyl/N-ethyl adjacent to an activating group) is 1. The molecule has 1 aliphatic heterocycles. The lowest BCUT2D eigenvalue weighted by Crippen LogP contribution is -2.48. The number of nitro benzene ring substituents is 1. The Kier molecular flexibility index (Phi) is 3.63. The summed E-state index contributed by atoms with van der Waals surface area (Å²) in [4.78, 5) is 25.7. The monoisotopic (exact) mass is 313 g/mol. The van der Waals surface area contributed by atoms with Crippen LogP contribution in [0.1, 0.15) is 0 Å². The Labute approximate surface area is 112 Å². The first-order chi connectivity index (χ1) is 8.49. The zero-order valence-corrected chi connectivity index (χ0v) is 11.4. The fourth-order valence-corrected chi connectivity index (χ4v) is 2.39. The van der Waals surface area contributed by atoms with Crippen molar-refractivity contribution in [1.82, 2.24) is 4.90 Å². The Balaban J connectivity index is 2.27. The average Bonchev–Trinajstić information content (AvgIpc) is 2.28. The van der Waals surface area contributed by atoms with Gasteiger partial charge < -0.3 is 4.90 Å². The first-order valence-electron chi connectivity index (χ1n) is 5.42. The van der Waals surface area contributed by atoms with Crippen LogP contribution in [0.3, 0.4) is 0 Å². The van der Waals surface area contributed by atoms with Crippen LogP contribution < -0.4 is 4.90 Å². The van der Waals surface area contributed by atoms with E-state index in [1.807, 2.05) is 11.9 Å². The molecule has 2 rings (SSSR count). The largest absolute Gasteiger partial charge is 0.310 e. The van der Waals surface area contributed by atoms with Crippen molar-refractivity contribution >= 4 is 33.2 Å². The van der Waals surface area contributed by atoms with Crippen LogP contribution in [0.15, 0.2) is 22.7 Å². The summed E-state index contributed by atoms with van der Waals surface area (Å²) in [5.41, 5.74) is 0.686. The van der Waals surface area contributed by atoms with Gasteiger partial charge in [0.05, 0.1) is 15.9 Å². The zero-order chi connectivity index (χ0) is 13.3. The number of nitrogens with zero attached hydrogens (tertiary/aromatic N) is 3. The number of rotatable bonds is 2. The molecule has 1 amide bonds. The average molecular weight is 314 g/mol. The topological polar surface area (TPSA) is 66.7 Å². The molecule has 96 valence electrons. The third kappa shape index (κ3) is 2.51. The van der Waals surface area contributed by atoms with Gasteiger partial charge in [-0.3, -0.25) is 19.8 Å². The van der Waals surface area contributed by atoms with Gasteiger partial charge in [0.2, 0.25) is 5.91 Å². The summed E-state index contributed by atoms with van der Waals surface area (Å²) in [6, 6.07) is 4.62. The number of carbonyl (C=O) groups is 1. The number of nitro groups is 1. The quantitative estimate of drug-likeness (QED) is 0.615. The molecule has 0 aromatic heterocycles. The maximum absolute atomic E-state index is 11.9. The number of piperazine rings is 1. The van der Waals surface area contributed by atoms with Crippen LogP contribution in [0.5, 0.6) is 0 Å². The highest BCUT2D eigenvalue weighted by molar-refractivity contribution is 9.10. The number of hydrogen-bond acceptors (Lipinski definition) is 4. The molecule has 1 aromatic carbocycles. The minimum absolute atomic E-state index is 0.000302. The molecule has 0 spiro atoms. The number of amides is 1. The molecule has 1 aromatic rings. The lowest BCUT2D eigenvalue weighted by molar-refractivity contribution is -0.385. The fraction of sp³-hybridized carbons (Fsp3) is 0.364. The molecular weight excluding hydrogens is 302 g/mol. The molecule has 1 heterocycles. The van der Waals surface area contributed by atoms with E-state index in [2.05, 4.69) is 15.9 Å². The molecular formula is C11H12BrN3O3. The molecule has 0 radical (unpaired) electrons. The summed E-state index contributed by atoms with van der Waals surface area (Å²) in [5, 5.41) is 10.7. The van der Waals surface area contributed by atoms with Crippen molar-refractivity contribution in [2.75, 3.05) is 31.6 Å². The van der Waals surface area contributed by atoms with Gasteiger partial charge in [0, 0.05) is 24.8 Å². The summed E-state index contributed by atoms with van der Waals surface area (Å²) in [7, 11) is 1.89. The number of carbonyl (C=O) groups excluding carboxylic acids is 1. The van der Waals surface area contributed by atoms with Crippen LogP contribution in [0.4, 0.5) is 11.4 Å². The van der Waals surface area contributed by atoms with E-state index in [1.54, 1.807) is 17.0 Å². The van der Waals surface area contributed by atoms with Gasteiger partial charge in [-0.1, -0.05) is 0 Å². The van der Waals surface area contributed by atoms with Crippen molar-refractivity contribution in [3.05, 3.63) is 32.8 Å². The van der Waals surface area contributed by atoms with E-state index in [1.165, 1.54) is 6.07 Å². The zero-order valence-electron chi connectivity index (χ0n) is 9.80. The standard InChI is InChI=1S/C11H12BrN3O3/c1-13-4-5-14(11(16)7-13)8-2-3-10(15(17)18)9(12)6-8/h2-3,6H,4-5,7H2,1H3. The van der Waals surface area contributed by atoms with Crippen LogP contribution in [-0.4, -0.2) is 42.4 Å². The normalized spacial score (nSPS) is 17.0. The molecule has 0 atom stereocenters. The minimum Gasteiger partial charge on any atom is -0.310 e. The van der Waals surface area contributed by atoms with Crippen LogP contribution >= 0.6 is 15.9 Å². The lowest BCUT2D eigenvalue weighted by atomic mass is 10.2. The maximum Gasteiger partial charge on any atom is 0.283 e. The summed E-state index contributed by atoms with van der Waals surface area (Å²) >= 11 is 3.16. The second-order valence-corrected chi connectivity index (χ2v) is 5.03. The van der Waals surface area contributed by atoms with Crippen LogP contribution in [-0.2, 0) is 4.79 Å². The van der Waals surface area contributed by atoms with E-state index in [0.29, 0.717) is 23.2 Å². The number of anilines is 1. The fourth-order valence-electron chi connectivity index (χ4n) is 1.88. The molecule has 0 saturated carbocycles. The van der Waals surface area contributed by atoms with E-state index in [-0.39, 0.29) is 11.6 Å². The maximum atomic E-state index is 11.9. The van der Waals surface area contributed by atoms with E-state index < -0.39 is 4.92 Å². The van der Waals surface area contributed by atoms with Gasteiger partial charge in [-0.25, -0.2) is 0 Å². The van der Waals surface area contributed by atoms with Gasteiger partial charge in [-0.15, -0.1) is 0 Å². The van der Waals surface area contributed by atoms with Crippen molar-refractivity contribution in [3.8, 4) is 0 Å². The second kappa shape index (κ2) is 5.03. The van der Waals surface area contributed by atoms with Crippen molar-refractivity contribution in [3.63, 3.8) is 0 Å². The highest BCUT2D eigenvalue weighted by atomic mass is 79.9. The third-order valence-corrected chi connectivity index (χ3v) is 3.49. The summed E-state index contributed by atoms with van der Waals surface area (Å²) < 4.78 is 0.386. The van der Waals surface area contributed by atoms with Crippen LogP contribution in [0, 0.1) is 10.1 Å². The lowest BCUT2D eigenvalue weighted by Gasteiger charge is -2.32. The predicted molar refractivity (Wildman–Crippen MR) is 70.6 cm³/mol. The molecule has 0 bridgehead atoms. The van der Waals surface area contributed by atoms with Crippen LogP contribution in [0.2, 0.25) is 0 Å². The van der Waals surface area contributed by atoms with Gasteiger partial charge in [-0.05, 0) is 35.1 Å². The number of halogens is 1. The van der Waals surface area contributed by atoms with Crippen molar-refractivity contribution in [2.24, 2.45) is 0 Å². The van der Waals surface area contributed by atoms with Gasteiger partial charge in [0.1, 0.15) is 0 Å². The Morgan fingerprint density at radius 3 is 2.67 bits per heavy atom. The van der Waals surface area contributed by atoms with E-state index in [4.69, 9.17) is 0 Å². The van der Waals surface area contributed by atoms with Crippen molar-refractivity contribution in [2.45, 2.75) is 0 Å². The molecule has 1 aliphatic rings. The third-order valence-electron chi connectivity index (χ3n) is 2.85. The Morgan fingerprint density at radius 2 is 2.11 bits per heavy atom. The molecule has 0 unspecified atom stereocenters. The molecule has 6 nitrogen and oxygen atoms in total. The minimum atomic E-state index is -0.459. The summed E-state index contributed by atoms with van der Waals surface area (Å²) in [6.45, 7) is 1.76. The highest BCUT2D eigenvalue weighted by Gasteiger charge is 2.24.